The standard InChI is InChI=1S/C11H17N3/c1-12-9-13(2)14(3)11(12)10-7-5-4-6-8-10/h4-8,11H,9H2,1-3H3. The van der Waals surface area contributed by atoms with E-state index in [1.807, 2.05) is 0 Å². The Labute approximate surface area is 85.5 Å². The highest BCUT2D eigenvalue weighted by atomic mass is 15.7. The van der Waals surface area contributed by atoms with Gasteiger partial charge in [-0.2, -0.15) is 0 Å². The molecule has 1 aliphatic rings. The first kappa shape index (κ1) is 9.65. The molecule has 0 saturated carbocycles. The van der Waals surface area contributed by atoms with Gasteiger partial charge in [-0.3, -0.25) is 4.90 Å². The van der Waals surface area contributed by atoms with Gasteiger partial charge in [-0.15, -0.1) is 0 Å². The lowest BCUT2D eigenvalue weighted by Gasteiger charge is -2.26. The molecule has 3 nitrogen and oxygen atoms in total. The summed E-state index contributed by atoms with van der Waals surface area (Å²) in [4.78, 5) is 2.33. The monoisotopic (exact) mass is 191 g/mol. The fourth-order valence-corrected chi connectivity index (χ4v) is 2.07. The summed E-state index contributed by atoms with van der Waals surface area (Å²) in [5.74, 6) is 0. The third kappa shape index (κ3) is 1.54. The highest BCUT2D eigenvalue weighted by Crippen LogP contribution is 2.28. The molecule has 0 aliphatic carbocycles. The number of hydrazine groups is 1. The summed E-state index contributed by atoms with van der Waals surface area (Å²) in [5, 5.41) is 4.48. The predicted molar refractivity (Wildman–Crippen MR) is 57.3 cm³/mol. The molecule has 2 rings (SSSR count). The highest BCUT2D eigenvalue weighted by Gasteiger charge is 2.31. The summed E-state index contributed by atoms with van der Waals surface area (Å²) in [6.07, 6.45) is 0.376. The van der Waals surface area contributed by atoms with Crippen molar-refractivity contribution in [2.75, 3.05) is 27.8 Å². The fourth-order valence-electron chi connectivity index (χ4n) is 2.07. The molecule has 1 aromatic rings. The average Bonchev–Trinajstić information content (AvgIpc) is 2.43. The van der Waals surface area contributed by atoms with E-state index in [0.717, 1.165) is 6.67 Å². The molecule has 14 heavy (non-hydrogen) atoms. The van der Waals surface area contributed by atoms with Crippen LogP contribution >= 0.6 is 0 Å². The van der Waals surface area contributed by atoms with Crippen molar-refractivity contribution in [3.8, 4) is 0 Å². The molecule has 1 saturated heterocycles. The Morgan fingerprint density at radius 1 is 1.07 bits per heavy atom. The Bertz CT molecular complexity index is 299. The second-order valence-electron chi connectivity index (χ2n) is 3.91. The van der Waals surface area contributed by atoms with Crippen LogP contribution in [0.4, 0.5) is 0 Å². The van der Waals surface area contributed by atoms with Crippen molar-refractivity contribution in [1.29, 1.82) is 0 Å². The van der Waals surface area contributed by atoms with Crippen LogP contribution in [-0.2, 0) is 0 Å². The maximum Gasteiger partial charge on any atom is 0.102 e. The van der Waals surface area contributed by atoms with E-state index in [1.54, 1.807) is 0 Å². The lowest BCUT2D eigenvalue weighted by Crippen LogP contribution is -2.31. The summed E-state index contributed by atoms with van der Waals surface area (Å²) in [6.45, 7) is 0.982. The van der Waals surface area contributed by atoms with Crippen LogP contribution in [0.2, 0.25) is 0 Å². The normalized spacial score (nSPS) is 25.8. The van der Waals surface area contributed by atoms with E-state index in [-0.39, 0.29) is 0 Å². The Morgan fingerprint density at radius 3 is 2.21 bits per heavy atom. The molecule has 0 radical (unpaired) electrons. The number of rotatable bonds is 1. The summed E-state index contributed by atoms with van der Waals surface area (Å²) in [7, 11) is 6.39. The molecule has 1 unspecified atom stereocenters. The molecule has 0 amide bonds. The maximum absolute atomic E-state index is 2.33. The fraction of sp³-hybridized carbons (Fsp3) is 0.455. The zero-order chi connectivity index (χ0) is 10.1. The van der Waals surface area contributed by atoms with E-state index >= 15 is 0 Å². The van der Waals surface area contributed by atoms with E-state index < -0.39 is 0 Å². The molecule has 0 bridgehead atoms. The molecule has 0 aromatic heterocycles. The molecular weight excluding hydrogens is 174 g/mol. The van der Waals surface area contributed by atoms with Gasteiger partial charge in [-0.05, 0) is 12.6 Å². The van der Waals surface area contributed by atoms with Gasteiger partial charge < -0.3 is 0 Å². The lowest BCUT2D eigenvalue weighted by molar-refractivity contribution is 0.0467. The Hall–Kier alpha value is -0.900. The van der Waals surface area contributed by atoms with Crippen LogP contribution in [0.25, 0.3) is 0 Å². The van der Waals surface area contributed by atoms with Gasteiger partial charge in [0.25, 0.3) is 0 Å². The van der Waals surface area contributed by atoms with Gasteiger partial charge in [0.1, 0.15) is 6.17 Å². The van der Waals surface area contributed by atoms with E-state index in [9.17, 15) is 0 Å². The van der Waals surface area contributed by atoms with Gasteiger partial charge in [-0.1, -0.05) is 30.3 Å². The van der Waals surface area contributed by atoms with Gasteiger partial charge in [0.15, 0.2) is 0 Å². The topological polar surface area (TPSA) is 9.72 Å². The molecule has 1 atom stereocenters. The minimum absolute atomic E-state index is 0.376. The van der Waals surface area contributed by atoms with Gasteiger partial charge >= 0.3 is 0 Å². The number of hydrogen-bond donors (Lipinski definition) is 0. The van der Waals surface area contributed by atoms with Crippen LogP contribution < -0.4 is 0 Å². The van der Waals surface area contributed by atoms with Crippen LogP contribution in [0.3, 0.4) is 0 Å². The highest BCUT2D eigenvalue weighted by molar-refractivity contribution is 5.18. The Kier molecular flexibility index (Phi) is 2.54. The van der Waals surface area contributed by atoms with Crippen molar-refractivity contribution in [3.05, 3.63) is 35.9 Å². The van der Waals surface area contributed by atoms with Gasteiger partial charge in [0.2, 0.25) is 0 Å². The first-order valence-corrected chi connectivity index (χ1v) is 4.89. The van der Waals surface area contributed by atoms with Gasteiger partial charge in [0.05, 0.1) is 6.67 Å². The van der Waals surface area contributed by atoms with E-state index in [0.29, 0.717) is 6.17 Å². The van der Waals surface area contributed by atoms with Crippen LogP contribution in [-0.4, -0.2) is 42.7 Å². The second kappa shape index (κ2) is 3.69. The molecule has 1 fully saturated rings. The first-order valence-electron chi connectivity index (χ1n) is 4.89. The first-order chi connectivity index (χ1) is 6.70. The summed E-state index contributed by atoms with van der Waals surface area (Å²) >= 11 is 0. The van der Waals surface area contributed by atoms with E-state index in [2.05, 4.69) is 66.4 Å². The molecule has 0 spiro atoms. The second-order valence-corrected chi connectivity index (χ2v) is 3.91. The van der Waals surface area contributed by atoms with Crippen molar-refractivity contribution < 1.29 is 0 Å². The number of hydrogen-bond acceptors (Lipinski definition) is 3. The largest absolute Gasteiger partial charge is 0.272 e. The summed E-state index contributed by atoms with van der Waals surface area (Å²) in [6, 6.07) is 10.6. The molecule has 76 valence electrons. The Morgan fingerprint density at radius 2 is 1.71 bits per heavy atom. The smallest absolute Gasteiger partial charge is 0.102 e. The van der Waals surface area contributed by atoms with E-state index in [1.165, 1.54) is 5.56 Å². The quantitative estimate of drug-likeness (QED) is 0.663. The predicted octanol–water partition coefficient (Wildman–Crippen LogP) is 1.37. The SMILES string of the molecule is CN1CN(C)N(C)C1c1ccccc1. The average molecular weight is 191 g/mol. The van der Waals surface area contributed by atoms with E-state index in [4.69, 9.17) is 0 Å². The van der Waals surface area contributed by atoms with Gasteiger partial charge in [-0.25, -0.2) is 10.0 Å². The Balaban J connectivity index is 2.26. The van der Waals surface area contributed by atoms with Crippen molar-refractivity contribution in [1.82, 2.24) is 14.9 Å². The zero-order valence-electron chi connectivity index (χ0n) is 9.01. The third-order valence-electron chi connectivity index (χ3n) is 2.84. The van der Waals surface area contributed by atoms with Crippen molar-refractivity contribution >= 4 is 0 Å². The van der Waals surface area contributed by atoms with Crippen molar-refractivity contribution in [2.45, 2.75) is 6.17 Å². The van der Waals surface area contributed by atoms with Crippen LogP contribution in [0.1, 0.15) is 11.7 Å². The molecule has 0 N–H and O–H groups in total. The third-order valence-corrected chi connectivity index (χ3v) is 2.84. The van der Waals surface area contributed by atoms with Crippen LogP contribution in [0, 0.1) is 0 Å². The molecule has 3 heteroatoms. The van der Waals surface area contributed by atoms with Crippen molar-refractivity contribution in [2.24, 2.45) is 0 Å². The summed E-state index contributed by atoms with van der Waals surface area (Å²) in [5.41, 5.74) is 1.35. The van der Waals surface area contributed by atoms with Crippen LogP contribution in [0.15, 0.2) is 30.3 Å². The number of nitrogens with zero attached hydrogens (tertiary/aromatic N) is 3. The van der Waals surface area contributed by atoms with Crippen molar-refractivity contribution in [3.63, 3.8) is 0 Å². The maximum atomic E-state index is 2.33. The zero-order valence-corrected chi connectivity index (χ0v) is 9.01. The molecule has 1 heterocycles. The molecule has 1 aromatic carbocycles. The van der Waals surface area contributed by atoms with Gasteiger partial charge in [0, 0.05) is 14.1 Å². The molecule has 1 aliphatic heterocycles. The minimum atomic E-state index is 0.376. The molecular formula is C11H17N3. The number of benzene rings is 1. The van der Waals surface area contributed by atoms with Crippen LogP contribution in [0.5, 0.6) is 0 Å². The summed E-state index contributed by atoms with van der Waals surface area (Å²) < 4.78 is 0. The lowest BCUT2D eigenvalue weighted by atomic mass is 10.1. The minimum Gasteiger partial charge on any atom is -0.272 e.